The van der Waals surface area contributed by atoms with Crippen LogP contribution in [-0.2, 0) is 16.0 Å². The summed E-state index contributed by atoms with van der Waals surface area (Å²) in [5.74, 6) is -0.579. The van der Waals surface area contributed by atoms with E-state index >= 15 is 0 Å². The summed E-state index contributed by atoms with van der Waals surface area (Å²) in [4.78, 5) is 29.9. The molecule has 3 aromatic carbocycles. The highest BCUT2D eigenvalue weighted by Gasteiger charge is 2.39. The largest absolute Gasteiger partial charge is 0.326 e. The number of carbonyl (C=O) groups is 2. The van der Waals surface area contributed by atoms with E-state index in [4.69, 9.17) is 16.7 Å². The van der Waals surface area contributed by atoms with Gasteiger partial charge >= 0.3 is 0 Å². The molecular formula is C29H27ClN4O2S. The minimum Gasteiger partial charge on any atom is -0.326 e. The van der Waals surface area contributed by atoms with Crippen molar-refractivity contribution in [1.82, 2.24) is 5.01 Å². The van der Waals surface area contributed by atoms with E-state index in [1.54, 1.807) is 12.1 Å². The number of anilines is 1. The van der Waals surface area contributed by atoms with Gasteiger partial charge in [0.1, 0.15) is 5.25 Å². The second-order valence-corrected chi connectivity index (χ2v) is 10.7. The smallest absolute Gasteiger partial charge is 0.262 e. The highest BCUT2D eigenvalue weighted by Crippen LogP contribution is 2.38. The number of hydrogen-bond donors (Lipinski definition) is 1. The molecule has 0 fully saturated rings. The van der Waals surface area contributed by atoms with E-state index in [0.29, 0.717) is 22.3 Å². The summed E-state index contributed by atoms with van der Waals surface area (Å²) in [7, 11) is 0. The Labute approximate surface area is 225 Å². The first-order valence-corrected chi connectivity index (χ1v) is 13.5. The molecule has 2 atom stereocenters. The second-order valence-electron chi connectivity index (χ2n) is 9.13. The molecule has 0 spiro atoms. The Morgan fingerprint density at radius 1 is 1.11 bits per heavy atom. The maximum absolute atomic E-state index is 12.8. The lowest BCUT2D eigenvalue weighted by atomic mass is 9.97. The third-order valence-corrected chi connectivity index (χ3v) is 8.09. The van der Waals surface area contributed by atoms with Gasteiger partial charge in [-0.1, -0.05) is 91.0 Å². The number of thioether (sulfide) groups is 1. The monoisotopic (exact) mass is 530 g/mol. The standard InChI is InChI=1S/C29H27ClN4O2S/c1-3-19-10-12-21(13-11-19)25-16-24(20-7-5-4-6-8-20)33-34(25)29-32-28(36)26(37-29)17-27(35)31-22-14-9-18(2)23(30)15-22/h4-15,25-26H,3,16-17H2,1-2H3,(H,31,35)/t25-,26+/m0/s1. The zero-order valence-electron chi connectivity index (χ0n) is 20.6. The van der Waals surface area contributed by atoms with E-state index in [9.17, 15) is 9.59 Å². The van der Waals surface area contributed by atoms with Gasteiger partial charge in [0.25, 0.3) is 5.91 Å². The molecule has 37 heavy (non-hydrogen) atoms. The Balaban J connectivity index is 1.34. The van der Waals surface area contributed by atoms with Crippen LogP contribution in [0.25, 0.3) is 0 Å². The number of hydrogen-bond acceptors (Lipinski definition) is 5. The summed E-state index contributed by atoms with van der Waals surface area (Å²) in [6.07, 6.45) is 1.68. The maximum Gasteiger partial charge on any atom is 0.262 e. The molecule has 2 amide bonds. The fraction of sp³-hybridized carbons (Fsp3) is 0.241. The number of halogens is 1. The van der Waals surface area contributed by atoms with Crippen LogP contribution in [0.2, 0.25) is 5.02 Å². The fourth-order valence-electron chi connectivity index (χ4n) is 4.38. The van der Waals surface area contributed by atoms with Gasteiger partial charge in [0.15, 0.2) is 5.17 Å². The quantitative estimate of drug-likeness (QED) is 0.401. The van der Waals surface area contributed by atoms with Crippen molar-refractivity contribution < 1.29 is 9.59 Å². The molecule has 0 saturated heterocycles. The molecule has 0 radical (unpaired) electrons. The number of rotatable bonds is 6. The van der Waals surface area contributed by atoms with Crippen LogP contribution < -0.4 is 5.32 Å². The lowest BCUT2D eigenvalue weighted by Gasteiger charge is -2.23. The minimum absolute atomic E-state index is 0.0148. The number of nitrogens with zero attached hydrogens (tertiary/aromatic N) is 3. The first-order chi connectivity index (χ1) is 17.9. The third kappa shape index (κ3) is 5.63. The molecule has 2 heterocycles. The van der Waals surface area contributed by atoms with E-state index in [2.05, 4.69) is 41.5 Å². The van der Waals surface area contributed by atoms with Crippen LogP contribution in [0.1, 0.15) is 48.1 Å². The Morgan fingerprint density at radius 2 is 1.86 bits per heavy atom. The number of carbonyl (C=O) groups excluding carboxylic acids is 2. The van der Waals surface area contributed by atoms with Crippen molar-refractivity contribution in [2.45, 2.75) is 44.4 Å². The molecule has 0 aliphatic carbocycles. The van der Waals surface area contributed by atoms with Gasteiger partial charge in [-0.3, -0.25) is 9.59 Å². The molecule has 6 nitrogen and oxygen atoms in total. The van der Waals surface area contributed by atoms with Gasteiger partial charge in [-0.05, 0) is 47.7 Å². The Bertz CT molecular complexity index is 1390. The maximum atomic E-state index is 12.8. The molecule has 2 aliphatic heterocycles. The first-order valence-electron chi connectivity index (χ1n) is 12.3. The number of aliphatic imine (C=N–C) groups is 1. The van der Waals surface area contributed by atoms with E-state index in [-0.39, 0.29) is 24.3 Å². The molecule has 0 unspecified atom stereocenters. The number of benzene rings is 3. The second kappa shape index (κ2) is 10.9. The summed E-state index contributed by atoms with van der Waals surface area (Å²) in [5.41, 5.74) is 5.89. The normalized spacial score (nSPS) is 19.1. The lowest BCUT2D eigenvalue weighted by Crippen LogP contribution is -2.25. The zero-order valence-corrected chi connectivity index (χ0v) is 22.2. The summed E-state index contributed by atoms with van der Waals surface area (Å²) < 4.78 is 0. The van der Waals surface area contributed by atoms with Gasteiger partial charge in [-0.15, -0.1) is 0 Å². The highest BCUT2D eigenvalue weighted by atomic mass is 35.5. The van der Waals surface area contributed by atoms with Gasteiger partial charge in [0, 0.05) is 23.6 Å². The lowest BCUT2D eigenvalue weighted by molar-refractivity contribution is -0.121. The van der Waals surface area contributed by atoms with Crippen LogP contribution in [-0.4, -0.2) is 33.0 Å². The summed E-state index contributed by atoms with van der Waals surface area (Å²) in [6.45, 7) is 4.03. The van der Waals surface area contributed by atoms with Gasteiger partial charge in [-0.2, -0.15) is 10.1 Å². The van der Waals surface area contributed by atoms with Crippen molar-refractivity contribution in [3.8, 4) is 0 Å². The van der Waals surface area contributed by atoms with Crippen LogP contribution in [0, 0.1) is 6.92 Å². The Hall–Kier alpha value is -3.42. The van der Waals surface area contributed by atoms with E-state index in [1.807, 2.05) is 48.3 Å². The molecule has 8 heteroatoms. The van der Waals surface area contributed by atoms with E-state index in [0.717, 1.165) is 28.8 Å². The third-order valence-electron chi connectivity index (χ3n) is 6.54. The van der Waals surface area contributed by atoms with E-state index in [1.165, 1.54) is 17.3 Å². The fourth-order valence-corrected chi connectivity index (χ4v) is 5.62. The van der Waals surface area contributed by atoms with Crippen LogP contribution in [0.4, 0.5) is 5.69 Å². The van der Waals surface area contributed by atoms with Crippen molar-refractivity contribution in [2.24, 2.45) is 10.1 Å². The zero-order chi connectivity index (χ0) is 25.9. The molecule has 0 aromatic heterocycles. The molecule has 0 saturated carbocycles. The van der Waals surface area contributed by atoms with Gasteiger partial charge in [0.2, 0.25) is 5.91 Å². The summed E-state index contributed by atoms with van der Waals surface area (Å²) in [6, 6.07) is 23.8. The topological polar surface area (TPSA) is 74.1 Å². The molecule has 188 valence electrons. The van der Waals surface area contributed by atoms with Crippen LogP contribution in [0.15, 0.2) is 82.9 Å². The molecule has 0 bridgehead atoms. The van der Waals surface area contributed by atoms with Gasteiger partial charge in [-0.25, -0.2) is 5.01 Å². The predicted molar refractivity (Wildman–Crippen MR) is 151 cm³/mol. The van der Waals surface area contributed by atoms with Crippen molar-refractivity contribution >= 4 is 51.7 Å². The van der Waals surface area contributed by atoms with Crippen LogP contribution in [0.5, 0.6) is 0 Å². The van der Waals surface area contributed by atoms with Crippen molar-refractivity contribution in [3.63, 3.8) is 0 Å². The number of aryl methyl sites for hydroxylation is 2. The number of nitrogens with one attached hydrogen (secondary N) is 1. The predicted octanol–water partition coefficient (Wildman–Crippen LogP) is 6.39. The number of amides is 2. The molecule has 3 aromatic rings. The number of amidine groups is 1. The van der Waals surface area contributed by atoms with E-state index < -0.39 is 5.25 Å². The minimum atomic E-state index is -0.602. The van der Waals surface area contributed by atoms with Crippen LogP contribution >= 0.6 is 23.4 Å². The van der Waals surface area contributed by atoms with Crippen molar-refractivity contribution in [3.05, 3.63) is 100 Å². The van der Waals surface area contributed by atoms with Gasteiger partial charge < -0.3 is 5.32 Å². The molecule has 1 N–H and O–H groups in total. The highest BCUT2D eigenvalue weighted by molar-refractivity contribution is 8.15. The summed E-state index contributed by atoms with van der Waals surface area (Å²) >= 11 is 7.47. The average molecular weight is 531 g/mol. The SMILES string of the molecule is CCc1ccc([C@@H]2CC(c3ccccc3)=NN2C2=NC(=O)[C@@H](CC(=O)Nc3ccc(C)c(Cl)c3)S2)cc1. The summed E-state index contributed by atoms with van der Waals surface area (Å²) in [5, 5.41) is 10.1. The Morgan fingerprint density at radius 3 is 2.57 bits per heavy atom. The average Bonchev–Trinajstić information content (AvgIpc) is 3.51. The van der Waals surface area contributed by atoms with Crippen LogP contribution in [0.3, 0.4) is 0 Å². The Kier molecular flexibility index (Phi) is 7.44. The van der Waals surface area contributed by atoms with Crippen molar-refractivity contribution in [1.29, 1.82) is 0 Å². The van der Waals surface area contributed by atoms with Crippen molar-refractivity contribution in [2.75, 3.05) is 5.32 Å². The first kappa shape index (κ1) is 25.2. The molecular weight excluding hydrogens is 504 g/mol. The molecule has 2 aliphatic rings. The van der Waals surface area contributed by atoms with Gasteiger partial charge in [0.05, 0.1) is 11.8 Å². The number of hydrazone groups is 1. The molecule has 5 rings (SSSR count).